The maximum Gasteiger partial charge on any atom is 0.339 e. The lowest BCUT2D eigenvalue weighted by atomic mass is 10.0. The van der Waals surface area contributed by atoms with Gasteiger partial charge in [-0.05, 0) is 37.1 Å². The Morgan fingerprint density at radius 3 is 2.18 bits per heavy atom. The number of nitrogens with zero attached hydrogens (tertiary/aromatic N) is 1. The van der Waals surface area contributed by atoms with Crippen LogP contribution in [-0.2, 0) is 0 Å². The molecule has 2 aromatic carbocycles. The number of benzene rings is 2. The summed E-state index contributed by atoms with van der Waals surface area (Å²) in [5.74, 6) is 0.968. The van der Waals surface area contributed by atoms with E-state index in [1.165, 1.54) is 11.6 Å². The van der Waals surface area contributed by atoms with Gasteiger partial charge in [-0.3, -0.25) is 4.79 Å². The highest BCUT2D eigenvalue weighted by molar-refractivity contribution is 5.95. The molecule has 0 aliphatic carbocycles. The van der Waals surface area contributed by atoms with Gasteiger partial charge in [0, 0.05) is 11.6 Å². The number of rotatable bonds is 4. The monoisotopic (exact) mass is 375 g/mol. The van der Waals surface area contributed by atoms with Gasteiger partial charge in [-0.15, -0.1) is 0 Å². The van der Waals surface area contributed by atoms with Crippen LogP contribution >= 0.6 is 0 Å². The molecule has 1 fully saturated rings. The normalized spacial score (nSPS) is 13.9. The first-order valence-electron chi connectivity index (χ1n) is 9.23. The average Bonchev–Trinajstić information content (AvgIpc) is 2.64. The molecule has 28 heavy (non-hydrogen) atoms. The van der Waals surface area contributed by atoms with Crippen molar-refractivity contribution in [3.63, 3.8) is 0 Å². The zero-order valence-electron chi connectivity index (χ0n) is 15.8. The van der Waals surface area contributed by atoms with Crippen LogP contribution in [0.25, 0.3) is 11.1 Å². The quantitative estimate of drug-likeness (QED) is 0.695. The third-order valence-corrected chi connectivity index (χ3v) is 4.82. The highest BCUT2D eigenvalue weighted by Gasteiger charge is 2.33. The smallest absolute Gasteiger partial charge is 0.339 e. The van der Waals surface area contributed by atoms with E-state index >= 15 is 0 Å². The molecular formula is C23H21NO4. The van der Waals surface area contributed by atoms with Crippen molar-refractivity contribution in [2.75, 3.05) is 13.1 Å². The average molecular weight is 375 g/mol. The molecule has 0 radical (unpaired) electrons. The summed E-state index contributed by atoms with van der Waals surface area (Å²) in [5.41, 5.74) is 3.65. The van der Waals surface area contributed by atoms with E-state index < -0.39 is 5.63 Å². The van der Waals surface area contributed by atoms with Crippen molar-refractivity contribution in [1.82, 2.24) is 4.90 Å². The Bertz CT molecular complexity index is 1050. The van der Waals surface area contributed by atoms with E-state index in [4.69, 9.17) is 9.15 Å². The number of amides is 1. The Morgan fingerprint density at radius 1 is 0.964 bits per heavy atom. The molecule has 0 N–H and O–H groups in total. The molecule has 142 valence electrons. The number of carbonyl (C=O) groups excluding carboxylic acids is 1. The largest absolute Gasteiger partial charge is 0.486 e. The fourth-order valence-corrected chi connectivity index (χ4v) is 3.25. The molecule has 3 aromatic rings. The van der Waals surface area contributed by atoms with E-state index in [9.17, 15) is 9.59 Å². The summed E-state index contributed by atoms with van der Waals surface area (Å²) in [6.07, 6.45) is -0.114. The van der Waals surface area contributed by atoms with Crippen LogP contribution in [0.3, 0.4) is 0 Å². The van der Waals surface area contributed by atoms with Gasteiger partial charge in [0.15, 0.2) is 0 Å². The van der Waals surface area contributed by atoms with Crippen molar-refractivity contribution < 1.29 is 13.9 Å². The predicted octanol–water partition coefficient (Wildman–Crippen LogP) is 3.83. The molecule has 1 amide bonds. The summed E-state index contributed by atoms with van der Waals surface area (Å²) in [5, 5.41) is 0. The highest BCUT2D eigenvalue weighted by atomic mass is 16.5. The number of likely N-dealkylation sites (tertiary alicyclic amines) is 1. The van der Waals surface area contributed by atoms with Gasteiger partial charge in [0.2, 0.25) is 0 Å². The van der Waals surface area contributed by atoms with Crippen molar-refractivity contribution in [1.29, 1.82) is 0 Å². The fourth-order valence-electron chi connectivity index (χ4n) is 3.25. The van der Waals surface area contributed by atoms with Crippen LogP contribution in [0, 0.1) is 13.8 Å². The van der Waals surface area contributed by atoms with Gasteiger partial charge in [0.05, 0.1) is 19.2 Å². The third kappa shape index (κ3) is 3.83. The number of carbonyl (C=O) groups is 1. The lowest BCUT2D eigenvalue weighted by Gasteiger charge is -2.39. The minimum absolute atomic E-state index is 0.0148. The lowest BCUT2D eigenvalue weighted by molar-refractivity contribution is 0.0175. The van der Waals surface area contributed by atoms with Crippen molar-refractivity contribution in [3.8, 4) is 16.9 Å². The van der Waals surface area contributed by atoms with E-state index in [0.717, 1.165) is 11.1 Å². The number of aryl methyl sites for hydroxylation is 2. The Hall–Kier alpha value is -3.34. The lowest BCUT2D eigenvalue weighted by Crippen LogP contribution is -2.56. The van der Waals surface area contributed by atoms with E-state index in [1.807, 2.05) is 24.3 Å². The van der Waals surface area contributed by atoms with Crippen molar-refractivity contribution in [3.05, 3.63) is 88.0 Å². The number of hydrogen-bond acceptors (Lipinski definition) is 4. The molecule has 5 heteroatoms. The zero-order valence-corrected chi connectivity index (χ0v) is 15.8. The van der Waals surface area contributed by atoms with Crippen LogP contribution in [0.15, 0.2) is 69.9 Å². The van der Waals surface area contributed by atoms with Gasteiger partial charge < -0.3 is 14.1 Å². The van der Waals surface area contributed by atoms with Crippen LogP contribution in [0.1, 0.15) is 21.7 Å². The Labute approximate surface area is 163 Å². The van der Waals surface area contributed by atoms with E-state index in [0.29, 0.717) is 30.2 Å². The Morgan fingerprint density at radius 2 is 1.57 bits per heavy atom. The molecule has 0 unspecified atom stereocenters. The third-order valence-electron chi connectivity index (χ3n) is 4.82. The minimum Gasteiger partial charge on any atom is -0.486 e. The summed E-state index contributed by atoms with van der Waals surface area (Å²) >= 11 is 0. The second-order valence-corrected chi connectivity index (χ2v) is 7.12. The van der Waals surface area contributed by atoms with Gasteiger partial charge in [-0.2, -0.15) is 0 Å². The summed E-state index contributed by atoms with van der Waals surface area (Å²) in [4.78, 5) is 25.8. The van der Waals surface area contributed by atoms with Crippen LogP contribution in [0.5, 0.6) is 5.75 Å². The van der Waals surface area contributed by atoms with E-state index in [2.05, 4.69) is 31.2 Å². The molecule has 0 saturated carbocycles. The topological polar surface area (TPSA) is 59.8 Å². The molecule has 1 aliphatic rings. The standard InChI is InChI=1S/C23H21NO4/c1-15-3-5-17(6-4-15)18-7-9-19(10-8-18)23(26)24-13-21(14-24)28-20-11-16(2)27-22(25)12-20/h3-12,21H,13-14H2,1-2H3. The summed E-state index contributed by atoms with van der Waals surface area (Å²) < 4.78 is 10.7. The molecule has 2 heterocycles. The summed E-state index contributed by atoms with van der Waals surface area (Å²) in [7, 11) is 0. The van der Waals surface area contributed by atoms with Crippen LogP contribution < -0.4 is 10.4 Å². The Balaban J connectivity index is 1.36. The molecule has 1 saturated heterocycles. The van der Waals surface area contributed by atoms with Gasteiger partial charge in [-0.25, -0.2) is 4.79 Å². The SMILES string of the molecule is Cc1ccc(-c2ccc(C(=O)N3CC(Oc4cc(C)oc(=O)c4)C3)cc2)cc1. The van der Waals surface area contributed by atoms with Gasteiger partial charge >= 0.3 is 5.63 Å². The first-order valence-corrected chi connectivity index (χ1v) is 9.23. The van der Waals surface area contributed by atoms with Gasteiger partial charge in [-0.1, -0.05) is 42.0 Å². The van der Waals surface area contributed by atoms with E-state index in [1.54, 1.807) is 17.9 Å². The Kier molecular flexibility index (Phi) is 4.74. The second-order valence-electron chi connectivity index (χ2n) is 7.12. The molecule has 0 bridgehead atoms. The fraction of sp³-hybridized carbons (Fsp3) is 0.217. The molecule has 0 atom stereocenters. The van der Waals surface area contributed by atoms with E-state index in [-0.39, 0.29) is 12.0 Å². The molecule has 4 rings (SSSR count). The van der Waals surface area contributed by atoms with Crippen molar-refractivity contribution in [2.45, 2.75) is 20.0 Å². The molecule has 5 nitrogen and oxygen atoms in total. The van der Waals surface area contributed by atoms with Crippen LogP contribution in [0.4, 0.5) is 0 Å². The van der Waals surface area contributed by atoms with Crippen molar-refractivity contribution >= 4 is 5.91 Å². The maximum absolute atomic E-state index is 12.6. The van der Waals surface area contributed by atoms with Crippen LogP contribution in [0.2, 0.25) is 0 Å². The maximum atomic E-state index is 12.6. The minimum atomic E-state index is -0.434. The molecule has 0 spiro atoms. The van der Waals surface area contributed by atoms with Crippen LogP contribution in [-0.4, -0.2) is 30.0 Å². The first-order chi connectivity index (χ1) is 13.5. The zero-order chi connectivity index (χ0) is 19.7. The first kappa shape index (κ1) is 18.0. The molecule has 1 aliphatic heterocycles. The summed E-state index contributed by atoms with van der Waals surface area (Å²) in [6, 6.07) is 19.0. The number of ether oxygens (including phenoxy) is 1. The van der Waals surface area contributed by atoms with Gasteiger partial charge in [0.25, 0.3) is 5.91 Å². The predicted molar refractivity (Wildman–Crippen MR) is 107 cm³/mol. The second kappa shape index (κ2) is 7.35. The van der Waals surface area contributed by atoms with Crippen molar-refractivity contribution in [2.24, 2.45) is 0 Å². The summed E-state index contributed by atoms with van der Waals surface area (Å²) in [6.45, 7) is 4.75. The molecular weight excluding hydrogens is 354 g/mol. The highest BCUT2D eigenvalue weighted by Crippen LogP contribution is 2.23. The molecule has 1 aromatic heterocycles. The van der Waals surface area contributed by atoms with Gasteiger partial charge in [0.1, 0.15) is 17.6 Å². The number of hydrogen-bond donors (Lipinski definition) is 0.